The molecule has 2 rings (SSSR count). The normalized spacial score (nSPS) is 27.8. The van der Waals surface area contributed by atoms with Crippen molar-refractivity contribution < 1.29 is 4.79 Å². The predicted molar refractivity (Wildman–Crippen MR) is 57.6 cm³/mol. The van der Waals surface area contributed by atoms with Crippen LogP contribution in [-0.2, 0) is 4.79 Å². The van der Waals surface area contributed by atoms with Gasteiger partial charge in [-0.3, -0.25) is 4.79 Å². The van der Waals surface area contributed by atoms with Crippen LogP contribution in [0.5, 0.6) is 0 Å². The topological polar surface area (TPSA) is 23.6 Å². The smallest absolute Gasteiger partial charge is 0.221 e. The summed E-state index contributed by atoms with van der Waals surface area (Å²) in [5.74, 6) is 1.11. The summed E-state index contributed by atoms with van der Waals surface area (Å²) in [7, 11) is 0. The zero-order valence-corrected chi connectivity index (χ0v) is 9.16. The molecule has 0 radical (unpaired) electrons. The number of thiocarbonyl (C=S) groups is 1. The highest BCUT2D eigenvalue weighted by Crippen LogP contribution is 2.29. The molecule has 0 aromatic heterocycles. The van der Waals surface area contributed by atoms with Crippen LogP contribution in [0.1, 0.15) is 13.3 Å². The standard InChI is InChI=1S/C8H12N2OS2/c1-6(11)9-3-2-4-10-7(9)5-13-8(10)12/h7H,2-5H2,1H3/t7-/m1/s1. The average molecular weight is 216 g/mol. The number of carbonyl (C=O) groups excluding carboxylic acids is 1. The van der Waals surface area contributed by atoms with E-state index < -0.39 is 0 Å². The van der Waals surface area contributed by atoms with Gasteiger partial charge in [0.2, 0.25) is 5.91 Å². The number of hydrogen-bond donors (Lipinski definition) is 0. The molecule has 0 aromatic rings. The van der Waals surface area contributed by atoms with Crippen LogP contribution in [0.2, 0.25) is 0 Å². The molecule has 5 heteroatoms. The quantitative estimate of drug-likeness (QED) is 0.561. The van der Waals surface area contributed by atoms with Crippen LogP contribution in [0.3, 0.4) is 0 Å². The summed E-state index contributed by atoms with van der Waals surface area (Å²) in [5.41, 5.74) is 0. The minimum Gasteiger partial charge on any atom is -0.336 e. The lowest BCUT2D eigenvalue weighted by Crippen LogP contribution is -2.54. The van der Waals surface area contributed by atoms with Crippen LogP contribution in [0.4, 0.5) is 0 Å². The van der Waals surface area contributed by atoms with E-state index in [0.29, 0.717) is 0 Å². The lowest BCUT2D eigenvalue weighted by atomic mass is 10.2. The largest absolute Gasteiger partial charge is 0.336 e. The molecule has 0 N–H and O–H groups in total. The molecule has 2 fully saturated rings. The van der Waals surface area contributed by atoms with Crippen molar-refractivity contribution in [3.63, 3.8) is 0 Å². The molecule has 0 saturated carbocycles. The number of rotatable bonds is 0. The number of nitrogens with zero attached hydrogens (tertiary/aromatic N) is 2. The molecule has 0 aliphatic carbocycles. The van der Waals surface area contributed by atoms with Gasteiger partial charge >= 0.3 is 0 Å². The van der Waals surface area contributed by atoms with E-state index in [4.69, 9.17) is 12.2 Å². The fourth-order valence-corrected chi connectivity index (χ4v) is 3.31. The SMILES string of the molecule is CC(=O)N1CCCN2C(=S)SC[C@H]12. The minimum atomic E-state index is 0.167. The van der Waals surface area contributed by atoms with Crippen molar-refractivity contribution in [3.05, 3.63) is 0 Å². The zero-order valence-electron chi connectivity index (χ0n) is 7.52. The molecule has 1 atom stereocenters. The van der Waals surface area contributed by atoms with E-state index >= 15 is 0 Å². The van der Waals surface area contributed by atoms with Crippen LogP contribution >= 0.6 is 24.0 Å². The summed E-state index contributed by atoms with van der Waals surface area (Å²) in [5, 5.41) is 0. The molecule has 0 spiro atoms. The van der Waals surface area contributed by atoms with Gasteiger partial charge in [0.25, 0.3) is 0 Å². The van der Waals surface area contributed by atoms with Crippen molar-refractivity contribution in [2.45, 2.75) is 19.5 Å². The average Bonchev–Trinajstić information content (AvgIpc) is 2.48. The second kappa shape index (κ2) is 3.46. The monoisotopic (exact) mass is 216 g/mol. The molecular formula is C8H12N2OS2. The van der Waals surface area contributed by atoms with E-state index in [1.807, 2.05) is 4.90 Å². The Morgan fingerprint density at radius 3 is 3.08 bits per heavy atom. The summed E-state index contributed by atoms with van der Waals surface area (Å²) >= 11 is 6.89. The van der Waals surface area contributed by atoms with E-state index in [1.165, 1.54) is 0 Å². The minimum absolute atomic E-state index is 0.167. The van der Waals surface area contributed by atoms with Crippen molar-refractivity contribution in [2.75, 3.05) is 18.8 Å². The van der Waals surface area contributed by atoms with Gasteiger partial charge in [0.15, 0.2) is 0 Å². The number of thioether (sulfide) groups is 1. The van der Waals surface area contributed by atoms with E-state index in [9.17, 15) is 4.79 Å². The third kappa shape index (κ3) is 1.55. The first-order valence-corrected chi connectivity index (χ1v) is 5.80. The first kappa shape index (κ1) is 9.27. The lowest BCUT2D eigenvalue weighted by Gasteiger charge is -2.39. The van der Waals surface area contributed by atoms with Crippen molar-refractivity contribution in [1.82, 2.24) is 9.80 Å². The van der Waals surface area contributed by atoms with E-state index in [0.717, 1.165) is 29.6 Å². The highest BCUT2D eigenvalue weighted by Gasteiger charge is 2.37. The summed E-state index contributed by atoms with van der Waals surface area (Å²) in [6.07, 6.45) is 1.28. The van der Waals surface area contributed by atoms with Crippen molar-refractivity contribution in [2.24, 2.45) is 0 Å². The van der Waals surface area contributed by atoms with Crippen molar-refractivity contribution in [1.29, 1.82) is 0 Å². The van der Waals surface area contributed by atoms with Crippen LogP contribution in [0.25, 0.3) is 0 Å². The molecular weight excluding hydrogens is 204 g/mol. The predicted octanol–water partition coefficient (Wildman–Crippen LogP) is 0.898. The van der Waals surface area contributed by atoms with E-state index in [1.54, 1.807) is 18.7 Å². The maximum atomic E-state index is 11.3. The van der Waals surface area contributed by atoms with Gasteiger partial charge in [0, 0.05) is 25.8 Å². The number of carbonyl (C=O) groups is 1. The van der Waals surface area contributed by atoms with Crippen molar-refractivity contribution >= 4 is 34.2 Å². The molecule has 3 nitrogen and oxygen atoms in total. The number of amides is 1. The molecule has 72 valence electrons. The van der Waals surface area contributed by atoms with Crippen LogP contribution < -0.4 is 0 Å². The maximum Gasteiger partial charge on any atom is 0.221 e. The first-order valence-electron chi connectivity index (χ1n) is 4.41. The van der Waals surface area contributed by atoms with Gasteiger partial charge in [0.1, 0.15) is 10.5 Å². The maximum absolute atomic E-state index is 11.3. The summed E-state index contributed by atoms with van der Waals surface area (Å²) in [4.78, 5) is 15.4. The van der Waals surface area contributed by atoms with Gasteiger partial charge in [-0.25, -0.2) is 0 Å². The summed E-state index contributed by atoms with van der Waals surface area (Å²) in [6, 6.07) is 0. The highest BCUT2D eigenvalue weighted by atomic mass is 32.2. The molecule has 13 heavy (non-hydrogen) atoms. The fraction of sp³-hybridized carbons (Fsp3) is 0.750. The van der Waals surface area contributed by atoms with Crippen LogP contribution in [0, 0.1) is 0 Å². The first-order chi connectivity index (χ1) is 6.20. The lowest BCUT2D eigenvalue weighted by molar-refractivity contribution is -0.134. The van der Waals surface area contributed by atoms with Gasteiger partial charge in [0.05, 0.1) is 0 Å². The molecule has 0 bridgehead atoms. The Morgan fingerprint density at radius 1 is 1.62 bits per heavy atom. The molecule has 2 aliphatic rings. The second-order valence-electron chi connectivity index (χ2n) is 3.32. The van der Waals surface area contributed by atoms with Gasteiger partial charge < -0.3 is 9.80 Å². The van der Waals surface area contributed by atoms with Crippen molar-refractivity contribution in [3.8, 4) is 0 Å². The molecule has 1 amide bonds. The highest BCUT2D eigenvalue weighted by molar-refractivity contribution is 8.23. The van der Waals surface area contributed by atoms with Crippen LogP contribution in [-0.4, -0.2) is 45.0 Å². The molecule has 0 unspecified atom stereocenters. The van der Waals surface area contributed by atoms with E-state index in [2.05, 4.69) is 4.90 Å². The summed E-state index contributed by atoms with van der Waals surface area (Å²) < 4.78 is 0.955. The van der Waals surface area contributed by atoms with Gasteiger partial charge in [-0.2, -0.15) is 0 Å². The third-order valence-electron chi connectivity index (χ3n) is 2.51. The Kier molecular flexibility index (Phi) is 2.47. The van der Waals surface area contributed by atoms with Gasteiger partial charge in [-0.15, -0.1) is 0 Å². The molecule has 2 saturated heterocycles. The van der Waals surface area contributed by atoms with E-state index in [-0.39, 0.29) is 12.1 Å². The third-order valence-corrected chi connectivity index (χ3v) is 4.05. The summed E-state index contributed by atoms with van der Waals surface area (Å²) in [6.45, 7) is 3.54. The Morgan fingerprint density at radius 2 is 2.38 bits per heavy atom. The second-order valence-corrected chi connectivity index (χ2v) is 4.97. The Labute approximate surface area is 87.4 Å². The van der Waals surface area contributed by atoms with Gasteiger partial charge in [-0.05, 0) is 6.42 Å². The Hall–Kier alpha value is -0.290. The molecule has 0 aromatic carbocycles. The Bertz CT molecular complexity index is 257. The molecule has 2 aliphatic heterocycles. The fourth-order valence-electron chi connectivity index (χ4n) is 1.87. The number of hydrogen-bond acceptors (Lipinski definition) is 3. The van der Waals surface area contributed by atoms with Crippen LogP contribution in [0.15, 0.2) is 0 Å². The molecule has 2 heterocycles. The Balaban J connectivity index is 2.16. The zero-order chi connectivity index (χ0) is 9.42. The number of fused-ring (bicyclic) bond motifs is 1. The van der Waals surface area contributed by atoms with Gasteiger partial charge in [-0.1, -0.05) is 24.0 Å².